The van der Waals surface area contributed by atoms with Crippen molar-refractivity contribution < 1.29 is 4.79 Å². The molecule has 0 spiro atoms. The second kappa shape index (κ2) is 7.99. The molecule has 0 bridgehead atoms. The molecule has 2 aliphatic heterocycles. The van der Waals surface area contributed by atoms with Crippen LogP contribution in [0, 0.1) is 5.92 Å². The summed E-state index contributed by atoms with van der Waals surface area (Å²) in [6, 6.07) is 4.14. The maximum absolute atomic E-state index is 12.1. The molecule has 0 atom stereocenters. The second-order valence-corrected chi connectivity index (χ2v) is 7.14. The second-order valence-electron chi connectivity index (χ2n) is 7.14. The molecule has 0 unspecified atom stereocenters. The Bertz CT molecular complexity index is 559. The number of rotatable bonds is 4. The molecule has 0 radical (unpaired) electrons. The largest absolute Gasteiger partial charge is 0.353 e. The van der Waals surface area contributed by atoms with E-state index in [1.807, 2.05) is 18.7 Å². The van der Waals surface area contributed by atoms with Gasteiger partial charge in [0.05, 0.1) is 0 Å². The monoisotopic (exact) mass is 346 g/mol. The van der Waals surface area contributed by atoms with E-state index in [2.05, 4.69) is 44.0 Å². The van der Waals surface area contributed by atoms with Crippen LogP contribution in [0.15, 0.2) is 12.1 Å². The zero-order valence-electron chi connectivity index (χ0n) is 15.7. The predicted molar refractivity (Wildman–Crippen MR) is 100.0 cm³/mol. The van der Waals surface area contributed by atoms with Gasteiger partial charge in [-0.05, 0) is 18.7 Å². The van der Waals surface area contributed by atoms with Crippen LogP contribution in [0.2, 0.25) is 0 Å². The SMILES string of the molecule is CCN1CCN(c2ccc(N3CCN(C(=O)C(C)C)CC3)nn2)CC1. The Labute approximate surface area is 150 Å². The number of anilines is 2. The highest BCUT2D eigenvalue weighted by Gasteiger charge is 2.24. The minimum absolute atomic E-state index is 0.0683. The van der Waals surface area contributed by atoms with E-state index in [0.29, 0.717) is 0 Å². The maximum Gasteiger partial charge on any atom is 0.225 e. The van der Waals surface area contributed by atoms with Crippen LogP contribution in [-0.2, 0) is 4.79 Å². The van der Waals surface area contributed by atoms with Crippen LogP contribution < -0.4 is 9.80 Å². The molecule has 1 aromatic rings. The van der Waals surface area contributed by atoms with E-state index in [1.165, 1.54) is 0 Å². The van der Waals surface area contributed by atoms with E-state index < -0.39 is 0 Å². The van der Waals surface area contributed by atoms with Gasteiger partial charge in [-0.25, -0.2) is 0 Å². The minimum Gasteiger partial charge on any atom is -0.353 e. The van der Waals surface area contributed by atoms with Crippen LogP contribution in [0.1, 0.15) is 20.8 Å². The predicted octanol–water partition coefficient (Wildman–Crippen LogP) is 0.923. The van der Waals surface area contributed by atoms with Crippen LogP contribution in [0.25, 0.3) is 0 Å². The Morgan fingerprint density at radius 2 is 1.40 bits per heavy atom. The zero-order valence-corrected chi connectivity index (χ0v) is 15.7. The van der Waals surface area contributed by atoms with Gasteiger partial charge in [-0.3, -0.25) is 4.79 Å². The van der Waals surface area contributed by atoms with Gasteiger partial charge in [0.25, 0.3) is 0 Å². The average Bonchev–Trinajstić information content (AvgIpc) is 2.67. The van der Waals surface area contributed by atoms with Gasteiger partial charge in [0.15, 0.2) is 11.6 Å². The van der Waals surface area contributed by atoms with Gasteiger partial charge in [-0.1, -0.05) is 20.8 Å². The Morgan fingerprint density at radius 3 is 1.80 bits per heavy atom. The Hall–Kier alpha value is -1.89. The average molecular weight is 346 g/mol. The van der Waals surface area contributed by atoms with Crippen LogP contribution in [-0.4, -0.2) is 84.8 Å². The van der Waals surface area contributed by atoms with Crippen molar-refractivity contribution in [2.75, 3.05) is 68.7 Å². The Balaban J connectivity index is 1.54. The molecule has 2 fully saturated rings. The van der Waals surface area contributed by atoms with Crippen molar-refractivity contribution in [3.63, 3.8) is 0 Å². The van der Waals surface area contributed by atoms with Gasteiger partial charge in [0.2, 0.25) is 5.91 Å². The number of piperazine rings is 2. The third-order valence-electron chi connectivity index (χ3n) is 5.19. The molecule has 0 saturated carbocycles. The number of carbonyl (C=O) groups is 1. The highest BCUT2D eigenvalue weighted by Crippen LogP contribution is 2.18. The number of nitrogens with zero attached hydrogens (tertiary/aromatic N) is 6. The molecule has 25 heavy (non-hydrogen) atoms. The lowest BCUT2D eigenvalue weighted by atomic mass is 10.1. The highest BCUT2D eigenvalue weighted by molar-refractivity contribution is 5.78. The molecule has 0 aromatic carbocycles. The fourth-order valence-corrected chi connectivity index (χ4v) is 3.47. The Kier molecular flexibility index (Phi) is 5.73. The zero-order chi connectivity index (χ0) is 17.8. The van der Waals surface area contributed by atoms with Crippen molar-refractivity contribution in [2.45, 2.75) is 20.8 Å². The normalized spacial score (nSPS) is 19.6. The van der Waals surface area contributed by atoms with Crippen molar-refractivity contribution in [1.29, 1.82) is 0 Å². The first kappa shape index (κ1) is 17.9. The van der Waals surface area contributed by atoms with Crippen molar-refractivity contribution in [3.05, 3.63) is 12.1 Å². The lowest BCUT2D eigenvalue weighted by Crippen LogP contribution is -2.50. The molecule has 1 aromatic heterocycles. The van der Waals surface area contributed by atoms with E-state index >= 15 is 0 Å². The van der Waals surface area contributed by atoms with E-state index in [4.69, 9.17) is 0 Å². The molecule has 1 amide bonds. The first-order valence-electron chi connectivity index (χ1n) is 9.43. The molecule has 7 heteroatoms. The van der Waals surface area contributed by atoms with Gasteiger partial charge in [-0.2, -0.15) is 0 Å². The molecular formula is C18H30N6O. The molecule has 0 aliphatic carbocycles. The van der Waals surface area contributed by atoms with Crippen molar-refractivity contribution in [3.8, 4) is 0 Å². The number of amides is 1. The summed E-state index contributed by atoms with van der Waals surface area (Å²) in [7, 11) is 0. The fourth-order valence-electron chi connectivity index (χ4n) is 3.47. The summed E-state index contributed by atoms with van der Waals surface area (Å²) in [6.07, 6.45) is 0. The van der Waals surface area contributed by atoms with E-state index in [0.717, 1.165) is 70.5 Å². The number of aromatic nitrogens is 2. The van der Waals surface area contributed by atoms with E-state index in [-0.39, 0.29) is 11.8 Å². The van der Waals surface area contributed by atoms with Crippen molar-refractivity contribution >= 4 is 17.5 Å². The van der Waals surface area contributed by atoms with Gasteiger partial charge < -0.3 is 19.6 Å². The van der Waals surface area contributed by atoms with Gasteiger partial charge in [0.1, 0.15) is 0 Å². The first-order valence-corrected chi connectivity index (χ1v) is 9.43. The van der Waals surface area contributed by atoms with Gasteiger partial charge in [-0.15, -0.1) is 10.2 Å². The summed E-state index contributed by atoms with van der Waals surface area (Å²) >= 11 is 0. The lowest BCUT2D eigenvalue weighted by molar-refractivity contribution is -0.134. The standard InChI is InChI=1S/C18H30N6O/c1-4-21-7-9-22(10-8-21)16-5-6-17(20-19-16)23-11-13-24(14-12-23)18(25)15(2)3/h5-6,15H,4,7-14H2,1-3H3. The molecule has 138 valence electrons. The summed E-state index contributed by atoms with van der Waals surface area (Å²) in [5, 5.41) is 8.88. The van der Waals surface area contributed by atoms with Gasteiger partial charge in [0, 0.05) is 58.3 Å². The summed E-state index contributed by atoms with van der Waals surface area (Å²) in [5.74, 6) is 2.19. The summed E-state index contributed by atoms with van der Waals surface area (Å²) in [5.41, 5.74) is 0. The molecular weight excluding hydrogens is 316 g/mol. The third kappa shape index (κ3) is 4.21. The molecule has 2 aliphatic rings. The molecule has 3 rings (SSSR count). The van der Waals surface area contributed by atoms with Crippen molar-refractivity contribution in [1.82, 2.24) is 20.0 Å². The minimum atomic E-state index is 0.0683. The number of likely N-dealkylation sites (N-methyl/N-ethyl adjacent to an activating group) is 1. The van der Waals surface area contributed by atoms with E-state index in [1.54, 1.807) is 0 Å². The first-order chi connectivity index (χ1) is 12.1. The number of carbonyl (C=O) groups excluding carboxylic acids is 1. The fraction of sp³-hybridized carbons (Fsp3) is 0.722. The Morgan fingerprint density at radius 1 is 0.920 bits per heavy atom. The topological polar surface area (TPSA) is 55.8 Å². The van der Waals surface area contributed by atoms with Crippen molar-refractivity contribution in [2.24, 2.45) is 5.92 Å². The van der Waals surface area contributed by atoms with Gasteiger partial charge >= 0.3 is 0 Å². The lowest BCUT2D eigenvalue weighted by Gasteiger charge is -2.36. The molecule has 7 nitrogen and oxygen atoms in total. The highest BCUT2D eigenvalue weighted by atomic mass is 16.2. The van der Waals surface area contributed by atoms with E-state index in [9.17, 15) is 4.79 Å². The van der Waals surface area contributed by atoms with Crippen LogP contribution in [0.3, 0.4) is 0 Å². The third-order valence-corrected chi connectivity index (χ3v) is 5.19. The number of hydrogen-bond donors (Lipinski definition) is 0. The van der Waals surface area contributed by atoms with Crippen LogP contribution in [0.5, 0.6) is 0 Å². The molecule has 2 saturated heterocycles. The smallest absolute Gasteiger partial charge is 0.225 e. The van der Waals surface area contributed by atoms with Crippen LogP contribution in [0.4, 0.5) is 11.6 Å². The summed E-state index contributed by atoms with van der Waals surface area (Å²) in [6.45, 7) is 14.6. The summed E-state index contributed by atoms with van der Waals surface area (Å²) < 4.78 is 0. The maximum atomic E-state index is 12.1. The number of hydrogen-bond acceptors (Lipinski definition) is 6. The van der Waals surface area contributed by atoms with Crippen LogP contribution >= 0.6 is 0 Å². The molecule has 0 N–H and O–H groups in total. The summed E-state index contributed by atoms with van der Waals surface area (Å²) in [4.78, 5) is 21.0. The molecule has 3 heterocycles. The quantitative estimate of drug-likeness (QED) is 0.808.